The smallest absolute Gasteiger partial charge is 0.306 e. The average Bonchev–Trinajstić information content (AvgIpc) is 2.69. The number of aromatic nitrogens is 4. The van der Waals surface area contributed by atoms with Crippen molar-refractivity contribution in [2.45, 2.75) is 26.2 Å². The summed E-state index contributed by atoms with van der Waals surface area (Å²) in [6.07, 6.45) is 9.34. The number of hydrogen-bond donors (Lipinski definition) is 0. The van der Waals surface area contributed by atoms with Crippen LogP contribution < -0.4 is 4.90 Å². The fourth-order valence-corrected chi connectivity index (χ4v) is 2.96. The lowest BCUT2D eigenvalue weighted by Gasteiger charge is -2.31. The molecule has 0 unspecified atom stereocenters. The second-order valence-electron chi connectivity index (χ2n) is 6.16. The molecule has 2 aromatic heterocycles. The molecule has 136 valence electrons. The van der Waals surface area contributed by atoms with Gasteiger partial charge < -0.3 is 9.64 Å². The zero-order valence-electron chi connectivity index (χ0n) is 14.7. The molecule has 2 aromatic rings. The van der Waals surface area contributed by atoms with E-state index in [9.17, 15) is 9.59 Å². The lowest BCUT2D eigenvalue weighted by molar-refractivity contribution is -0.144. The van der Waals surface area contributed by atoms with Gasteiger partial charge in [-0.2, -0.15) is 0 Å². The van der Waals surface area contributed by atoms with E-state index < -0.39 is 0 Å². The molecule has 1 aliphatic heterocycles. The van der Waals surface area contributed by atoms with E-state index >= 15 is 0 Å². The number of aldehydes is 1. The first kappa shape index (κ1) is 17.9. The van der Waals surface area contributed by atoms with Gasteiger partial charge in [0, 0.05) is 37.5 Å². The van der Waals surface area contributed by atoms with Gasteiger partial charge in [-0.1, -0.05) is 0 Å². The maximum atomic E-state index is 11.6. The molecule has 0 aliphatic carbocycles. The highest BCUT2D eigenvalue weighted by molar-refractivity contribution is 5.71. The minimum Gasteiger partial charge on any atom is -0.466 e. The van der Waals surface area contributed by atoms with Crippen LogP contribution in [0.4, 0.5) is 5.95 Å². The molecule has 1 aliphatic rings. The minimum atomic E-state index is -0.117. The van der Waals surface area contributed by atoms with Crippen molar-refractivity contribution in [2.24, 2.45) is 5.92 Å². The van der Waals surface area contributed by atoms with Crippen LogP contribution in [0.15, 0.2) is 24.8 Å². The normalized spacial score (nSPS) is 14.9. The molecular weight excluding hydrogens is 334 g/mol. The summed E-state index contributed by atoms with van der Waals surface area (Å²) >= 11 is 0. The Kier molecular flexibility index (Phi) is 5.83. The molecule has 3 rings (SSSR count). The molecule has 1 saturated heterocycles. The van der Waals surface area contributed by atoms with Gasteiger partial charge in [-0.3, -0.25) is 14.6 Å². The molecular formula is C18H21N5O3. The fourth-order valence-electron chi connectivity index (χ4n) is 2.96. The van der Waals surface area contributed by atoms with Crippen LogP contribution in [-0.2, 0) is 9.53 Å². The summed E-state index contributed by atoms with van der Waals surface area (Å²) in [5.41, 5.74) is 1.66. The van der Waals surface area contributed by atoms with E-state index in [1.165, 1.54) is 12.4 Å². The molecule has 0 saturated carbocycles. The number of carbonyl (C=O) groups excluding carboxylic acids is 2. The maximum absolute atomic E-state index is 11.6. The third-order valence-corrected chi connectivity index (χ3v) is 4.38. The first-order valence-corrected chi connectivity index (χ1v) is 8.69. The third kappa shape index (κ3) is 4.38. The molecule has 0 atom stereocenters. The maximum Gasteiger partial charge on any atom is 0.306 e. The van der Waals surface area contributed by atoms with Crippen molar-refractivity contribution in [3.8, 4) is 11.3 Å². The number of esters is 1. The molecule has 0 spiro atoms. The van der Waals surface area contributed by atoms with Gasteiger partial charge in [-0.05, 0) is 25.7 Å². The molecule has 0 amide bonds. The molecule has 3 heterocycles. The molecule has 0 bridgehead atoms. The number of anilines is 1. The lowest BCUT2D eigenvalue weighted by atomic mass is 9.94. The molecule has 8 nitrogen and oxygen atoms in total. The second-order valence-corrected chi connectivity index (χ2v) is 6.16. The van der Waals surface area contributed by atoms with Crippen molar-refractivity contribution in [1.82, 2.24) is 19.9 Å². The first-order chi connectivity index (χ1) is 12.7. The summed E-state index contributed by atoms with van der Waals surface area (Å²) in [4.78, 5) is 41.4. The van der Waals surface area contributed by atoms with E-state index in [0.29, 0.717) is 36.9 Å². The van der Waals surface area contributed by atoms with Crippen LogP contribution in [0.2, 0.25) is 0 Å². The van der Waals surface area contributed by atoms with Crippen LogP contribution >= 0.6 is 0 Å². The Hall–Kier alpha value is -2.90. The van der Waals surface area contributed by atoms with E-state index in [0.717, 1.165) is 31.5 Å². The van der Waals surface area contributed by atoms with Crippen molar-refractivity contribution in [1.29, 1.82) is 0 Å². The summed E-state index contributed by atoms with van der Waals surface area (Å²) in [7, 11) is 0. The highest BCUT2D eigenvalue weighted by Crippen LogP contribution is 2.24. The van der Waals surface area contributed by atoms with E-state index in [4.69, 9.17) is 4.74 Å². The monoisotopic (exact) mass is 355 g/mol. The molecule has 8 heteroatoms. The zero-order valence-corrected chi connectivity index (χ0v) is 14.7. The Balaban J connectivity index is 1.57. The Labute approximate surface area is 151 Å². The summed E-state index contributed by atoms with van der Waals surface area (Å²) in [6.45, 7) is 3.89. The molecule has 0 N–H and O–H groups in total. The van der Waals surface area contributed by atoms with Crippen molar-refractivity contribution >= 4 is 18.2 Å². The Bertz CT molecular complexity index is 740. The van der Waals surface area contributed by atoms with Crippen LogP contribution in [0.3, 0.4) is 0 Å². The predicted molar refractivity (Wildman–Crippen MR) is 94.6 cm³/mol. The van der Waals surface area contributed by atoms with Gasteiger partial charge in [-0.15, -0.1) is 0 Å². The third-order valence-electron chi connectivity index (χ3n) is 4.38. The second kappa shape index (κ2) is 8.46. The van der Waals surface area contributed by atoms with Crippen LogP contribution in [-0.4, -0.2) is 51.9 Å². The SMILES string of the molecule is CCOC(=O)CC1CCN(c2ncc(-c3cnc(C=O)cn3)cn2)CC1. The minimum absolute atomic E-state index is 0.117. The number of hydrogen-bond acceptors (Lipinski definition) is 8. The zero-order chi connectivity index (χ0) is 18.4. The van der Waals surface area contributed by atoms with Crippen molar-refractivity contribution in [3.63, 3.8) is 0 Å². The average molecular weight is 355 g/mol. The Morgan fingerprint density at radius 3 is 2.46 bits per heavy atom. The van der Waals surface area contributed by atoms with E-state index in [1.54, 1.807) is 12.4 Å². The molecule has 26 heavy (non-hydrogen) atoms. The first-order valence-electron chi connectivity index (χ1n) is 8.69. The van der Waals surface area contributed by atoms with Crippen LogP contribution in [0.1, 0.15) is 36.7 Å². The van der Waals surface area contributed by atoms with Gasteiger partial charge in [0.2, 0.25) is 5.95 Å². The van der Waals surface area contributed by atoms with Crippen molar-refractivity contribution in [3.05, 3.63) is 30.5 Å². The van der Waals surface area contributed by atoms with Gasteiger partial charge in [0.1, 0.15) is 5.69 Å². The lowest BCUT2D eigenvalue weighted by Crippen LogP contribution is -2.35. The Morgan fingerprint density at radius 2 is 1.88 bits per heavy atom. The quantitative estimate of drug-likeness (QED) is 0.572. The largest absolute Gasteiger partial charge is 0.466 e. The van der Waals surface area contributed by atoms with Gasteiger partial charge in [0.25, 0.3) is 0 Å². The Morgan fingerprint density at radius 1 is 1.15 bits per heavy atom. The highest BCUT2D eigenvalue weighted by atomic mass is 16.5. The highest BCUT2D eigenvalue weighted by Gasteiger charge is 2.23. The number of rotatable bonds is 6. The van der Waals surface area contributed by atoms with E-state index in [-0.39, 0.29) is 11.7 Å². The van der Waals surface area contributed by atoms with E-state index in [2.05, 4.69) is 24.8 Å². The van der Waals surface area contributed by atoms with Crippen molar-refractivity contribution in [2.75, 3.05) is 24.6 Å². The van der Waals surface area contributed by atoms with Gasteiger partial charge in [-0.25, -0.2) is 15.0 Å². The number of carbonyl (C=O) groups is 2. The summed E-state index contributed by atoms with van der Waals surface area (Å²) in [5, 5.41) is 0. The summed E-state index contributed by atoms with van der Waals surface area (Å²) in [5.74, 6) is 0.908. The fraction of sp³-hybridized carbons (Fsp3) is 0.444. The molecule has 0 aromatic carbocycles. The van der Waals surface area contributed by atoms with Crippen LogP contribution in [0.5, 0.6) is 0 Å². The number of ether oxygens (including phenoxy) is 1. The molecule has 0 radical (unpaired) electrons. The van der Waals surface area contributed by atoms with Crippen molar-refractivity contribution < 1.29 is 14.3 Å². The van der Waals surface area contributed by atoms with E-state index in [1.807, 2.05) is 6.92 Å². The molecule has 1 fully saturated rings. The summed E-state index contributed by atoms with van der Waals surface area (Å²) < 4.78 is 5.02. The topological polar surface area (TPSA) is 98.2 Å². The number of nitrogens with zero attached hydrogens (tertiary/aromatic N) is 5. The van der Waals surface area contributed by atoms with Gasteiger partial charge >= 0.3 is 5.97 Å². The standard InChI is InChI=1S/C18H21N5O3/c1-2-26-17(25)7-13-3-5-23(6-4-13)18-21-8-14(9-22-18)16-11-19-15(12-24)10-20-16/h8-13H,2-7H2,1H3. The van der Waals surface area contributed by atoms with Crippen LogP contribution in [0, 0.1) is 5.92 Å². The van der Waals surface area contributed by atoms with Gasteiger partial charge in [0.15, 0.2) is 6.29 Å². The summed E-state index contributed by atoms with van der Waals surface area (Å²) in [6, 6.07) is 0. The predicted octanol–water partition coefficient (Wildman–Crippen LogP) is 1.92. The van der Waals surface area contributed by atoms with Crippen LogP contribution in [0.25, 0.3) is 11.3 Å². The van der Waals surface area contributed by atoms with Gasteiger partial charge in [0.05, 0.1) is 24.7 Å². The number of piperidine rings is 1.